The van der Waals surface area contributed by atoms with Gasteiger partial charge in [-0.15, -0.1) is 11.8 Å². The van der Waals surface area contributed by atoms with Crippen molar-refractivity contribution in [1.82, 2.24) is 0 Å². The van der Waals surface area contributed by atoms with Gasteiger partial charge in [0.15, 0.2) is 6.10 Å². The first kappa shape index (κ1) is 61.8. The summed E-state index contributed by atoms with van der Waals surface area (Å²) in [6.07, 6.45) is 43.0. The molecule has 0 aromatic carbocycles. The summed E-state index contributed by atoms with van der Waals surface area (Å²) in [5.74, 6) is -1.50. The van der Waals surface area contributed by atoms with Gasteiger partial charge >= 0.3 is 25.7 Å². The number of carboxylic acid groups (broad SMARTS) is 1. The van der Waals surface area contributed by atoms with E-state index in [9.17, 15) is 33.8 Å². The van der Waals surface area contributed by atoms with E-state index < -0.39 is 62.4 Å². The highest BCUT2D eigenvalue weighted by molar-refractivity contribution is 8.00. The highest BCUT2D eigenvalue weighted by Crippen LogP contribution is 2.36. The molecule has 0 aromatic heterocycles. The van der Waals surface area contributed by atoms with E-state index in [2.05, 4.69) is 37.4 Å². The molecule has 0 saturated heterocycles. The zero-order valence-corrected chi connectivity index (χ0v) is 41.7. The minimum atomic E-state index is -4.89. The lowest BCUT2D eigenvalue weighted by Gasteiger charge is -2.22. The maximum absolute atomic E-state index is 12.8. The molecule has 0 aliphatic carbocycles. The van der Waals surface area contributed by atoms with E-state index in [4.69, 9.17) is 20.3 Å². The van der Waals surface area contributed by atoms with Crippen LogP contribution >= 0.6 is 19.6 Å². The van der Waals surface area contributed by atoms with Crippen molar-refractivity contribution in [2.75, 3.05) is 19.0 Å². The van der Waals surface area contributed by atoms with Crippen molar-refractivity contribution in [3.05, 3.63) is 48.6 Å². The smallest absolute Gasteiger partial charge is 0.469 e. The topological polar surface area (TPSA) is 203 Å². The average Bonchev–Trinajstić information content (AvgIpc) is 3.24. The first-order valence-electron chi connectivity index (χ1n) is 24.7. The Labute approximate surface area is 392 Å². The summed E-state index contributed by atoms with van der Waals surface area (Å²) in [6.45, 7) is 5.59. The van der Waals surface area contributed by atoms with Crippen LogP contribution in [-0.2, 0) is 32.9 Å². The maximum atomic E-state index is 12.8. The number of rotatable bonds is 45. The van der Waals surface area contributed by atoms with E-state index in [1.165, 1.54) is 127 Å². The summed E-state index contributed by atoms with van der Waals surface area (Å²) < 4.78 is 26.6. The summed E-state index contributed by atoms with van der Waals surface area (Å²) in [4.78, 5) is 54.9. The summed E-state index contributed by atoms with van der Waals surface area (Å²) in [5, 5.41) is 19.4. The Morgan fingerprint density at radius 1 is 0.672 bits per heavy atom. The molecule has 0 rings (SSSR count). The van der Waals surface area contributed by atoms with Crippen LogP contribution < -0.4 is 5.73 Å². The Morgan fingerprint density at radius 2 is 1.23 bits per heavy atom. The fourth-order valence-corrected chi connectivity index (χ4v) is 8.43. The molecule has 0 heterocycles. The average molecular weight is 944 g/mol. The number of carbonyl (C=O) groups excluding carboxylic acids is 2. The number of hydrogen-bond donors (Lipinski definition) is 5. The summed E-state index contributed by atoms with van der Waals surface area (Å²) in [6, 6.07) is -1.14. The molecule has 0 aliphatic rings. The van der Waals surface area contributed by atoms with Gasteiger partial charge in [-0.2, -0.15) is 0 Å². The number of carboxylic acids is 1. The third-order valence-corrected chi connectivity index (χ3v) is 12.7. The van der Waals surface area contributed by atoms with Gasteiger partial charge in [0.1, 0.15) is 12.6 Å². The van der Waals surface area contributed by atoms with Crippen LogP contribution in [0.4, 0.5) is 0 Å². The summed E-state index contributed by atoms with van der Waals surface area (Å²) >= 11 is 1.21. The van der Waals surface area contributed by atoms with Crippen LogP contribution in [0.5, 0.6) is 0 Å². The van der Waals surface area contributed by atoms with Crippen molar-refractivity contribution in [2.24, 2.45) is 11.7 Å². The Kier molecular flexibility index (Phi) is 41.8. The molecule has 0 aromatic rings. The Morgan fingerprint density at radius 3 is 1.78 bits per heavy atom. The SMILES string of the molecule is CCCCC/C=C\C\C=C/C=C/C=C/[C@@H](SC[C@H](N)C(=O)OC[C@H](COP(=O)(O)O)OC(=O)CCCCCCCCCCCCCCCCCCCCC(C)C)[C@@H](O)CCCC(=O)O. The molecule has 0 amide bonds. The van der Waals surface area contributed by atoms with Crippen LogP contribution in [0.15, 0.2) is 48.6 Å². The molecule has 0 fully saturated rings. The molecular weight excluding hydrogens is 854 g/mol. The maximum Gasteiger partial charge on any atom is 0.469 e. The lowest BCUT2D eigenvalue weighted by molar-refractivity contribution is -0.161. The molecule has 372 valence electrons. The van der Waals surface area contributed by atoms with Crippen LogP contribution in [-0.4, -0.2) is 80.4 Å². The van der Waals surface area contributed by atoms with E-state index in [1.54, 1.807) is 12.2 Å². The molecule has 0 radical (unpaired) electrons. The summed E-state index contributed by atoms with van der Waals surface area (Å²) in [5.41, 5.74) is 6.12. The fourth-order valence-electron chi connectivity index (χ4n) is 6.94. The predicted molar refractivity (Wildman–Crippen MR) is 263 cm³/mol. The lowest BCUT2D eigenvalue weighted by atomic mass is 10.0. The zero-order valence-electron chi connectivity index (χ0n) is 40.0. The first-order chi connectivity index (χ1) is 30.7. The Bertz CT molecular complexity index is 1320. The van der Waals surface area contributed by atoms with Crippen LogP contribution in [0.1, 0.15) is 201 Å². The van der Waals surface area contributed by atoms with Crippen molar-refractivity contribution in [1.29, 1.82) is 0 Å². The van der Waals surface area contributed by atoms with Gasteiger partial charge in [0.25, 0.3) is 0 Å². The second-order valence-electron chi connectivity index (χ2n) is 17.5. The molecule has 0 bridgehead atoms. The normalized spacial score (nSPS) is 14.3. The number of thioether (sulfide) groups is 1. The molecule has 12 nitrogen and oxygen atoms in total. The second-order valence-corrected chi connectivity index (χ2v) is 19.9. The lowest BCUT2D eigenvalue weighted by Crippen LogP contribution is -2.38. The molecule has 4 atom stereocenters. The van der Waals surface area contributed by atoms with Crippen LogP contribution in [0.2, 0.25) is 0 Å². The number of carbonyl (C=O) groups is 3. The standard InChI is InChI=1S/C50H90NO11PS/c1-4-5-6-7-8-9-10-20-23-26-29-32-37-47(46(52)36-34-38-48(53)54)64-42-45(51)50(56)60-40-44(41-61-63(57,58)59)62-49(55)39-33-30-27-24-21-18-16-14-12-11-13-15-17-19-22-25-28-31-35-43(2)3/h8-9,20,23,26,29,32,37,43-47,52H,4-7,10-19,21-22,24-25,27-28,30-31,33-36,38-42,51H2,1-3H3,(H,53,54)(H2,57,58,59)/b9-8-,23-20-,29-26+,37-32+/t44-,45+,46+,47-/m1/s1. The number of phosphoric acid groups is 1. The number of ether oxygens (including phenoxy) is 2. The van der Waals surface area contributed by atoms with E-state index in [-0.39, 0.29) is 31.4 Å². The van der Waals surface area contributed by atoms with Gasteiger partial charge in [-0.3, -0.25) is 18.9 Å². The number of phosphoric ester groups is 1. The molecule has 64 heavy (non-hydrogen) atoms. The van der Waals surface area contributed by atoms with Gasteiger partial charge in [0.05, 0.1) is 12.7 Å². The number of esters is 2. The van der Waals surface area contributed by atoms with Gasteiger partial charge in [-0.05, 0) is 44.4 Å². The fraction of sp³-hybridized carbons (Fsp3) is 0.780. The van der Waals surface area contributed by atoms with Gasteiger partial charge in [0.2, 0.25) is 0 Å². The zero-order chi connectivity index (χ0) is 47.5. The van der Waals surface area contributed by atoms with E-state index in [0.29, 0.717) is 6.42 Å². The number of nitrogens with two attached hydrogens (primary N) is 1. The molecule has 14 heteroatoms. The van der Waals surface area contributed by atoms with Gasteiger partial charge in [-0.25, -0.2) is 4.57 Å². The molecule has 6 N–H and O–H groups in total. The Balaban J connectivity index is 4.60. The van der Waals surface area contributed by atoms with Crippen molar-refractivity contribution < 1.29 is 52.9 Å². The highest BCUT2D eigenvalue weighted by Gasteiger charge is 2.26. The van der Waals surface area contributed by atoms with Crippen molar-refractivity contribution >= 4 is 37.5 Å². The van der Waals surface area contributed by atoms with Crippen LogP contribution in [0.3, 0.4) is 0 Å². The van der Waals surface area contributed by atoms with Crippen LogP contribution in [0, 0.1) is 5.92 Å². The first-order valence-corrected chi connectivity index (χ1v) is 27.3. The highest BCUT2D eigenvalue weighted by atomic mass is 32.2. The number of hydrogen-bond acceptors (Lipinski definition) is 10. The number of aliphatic carboxylic acids is 1. The summed E-state index contributed by atoms with van der Waals surface area (Å²) in [7, 11) is -4.89. The minimum absolute atomic E-state index is 0.0422. The van der Waals surface area contributed by atoms with Crippen LogP contribution in [0.25, 0.3) is 0 Å². The quantitative estimate of drug-likeness (QED) is 0.0127. The number of allylic oxidation sites excluding steroid dienone is 7. The van der Waals surface area contributed by atoms with Gasteiger partial charge in [-0.1, -0.05) is 198 Å². The molecule has 0 aliphatic heterocycles. The third kappa shape index (κ3) is 43.6. The van der Waals surface area contributed by atoms with E-state index >= 15 is 0 Å². The molecule has 0 saturated carbocycles. The molecule has 0 spiro atoms. The van der Waals surface area contributed by atoms with Gasteiger partial charge in [0, 0.05) is 23.8 Å². The second kappa shape index (κ2) is 43.3. The van der Waals surface area contributed by atoms with E-state index in [1.807, 2.05) is 24.3 Å². The van der Waals surface area contributed by atoms with E-state index in [0.717, 1.165) is 38.0 Å². The van der Waals surface area contributed by atoms with Gasteiger partial charge < -0.3 is 35.2 Å². The Hall–Kier alpha value is -2.25. The van der Waals surface area contributed by atoms with Crippen molar-refractivity contribution in [3.63, 3.8) is 0 Å². The predicted octanol–water partition coefficient (Wildman–Crippen LogP) is 12.2. The molecular formula is C50H90NO11PS. The monoisotopic (exact) mass is 944 g/mol. The largest absolute Gasteiger partial charge is 0.481 e. The molecule has 0 unspecified atom stereocenters. The van der Waals surface area contributed by atoms with Crippen molar-refractivity contribution in [3.8, 4) is 0 Å². The number of aliphatic hydroxyl groups excluding tert-OH is 1. The van der Waals surface area contributed by atoms with Crippen molar-refractivity contribution in [2.45, 2.75) is 224 Å². The minimum Gasteiger partial charge on any atom is -0.481 e. The number of unbranched alkanes of at least 4 members (excludes halogenated alkanes) is 20. The number of aliphatic hydroxyl groups is 1. The third-order valence-electron chi connectivity index (χ3n) is 10.8.